The van der Waals surface area contributed by atoms with E-state index in [1.807, 2.05) is 4.68 Å². The third-order valence-corrected chi connectivity index (χ3v) is 5.52. The molecule has 0 N–H and O–H groups in total. The molecule has 2 heterocycles. The van der Waals surface area contributed by atoms with E-state index in [4.69, 9.17) is 22.1 Å². The van der Waals surface area contributed by atoms with Gasteiger partial charge in [0, 0.05) is 18.6 Å². The first-order chi connectivity index (χ1) is 10.2. The molecule has 0 aromatic carbocycles. The molecule has 5 nitrogen and oxygen atoms in total. The summed E-state index contributed by atoms with van der Waals surface area (Å²) in [5, 5.41) is 4.70. The van der Waals surface area contributed by atoms with Crippen LogP contribution in [0.5, 0.6) is 0 Å². The second-order valence-electron chi connectivity index (χ2n) is 6.65. The van der Waals surface area contributed by atoms with Crippen molar-refractivity contribution >= 4 is 12.2 Å². The van der Waals surface area contributed by atoms with Gasteiger partial charge in [0.25, 0.3) is 0 Å². The Labute approximate surface area is 130 Å². The van der Waals surface area contributed by atoms with Crippen LogP contribution in [0.4, 0.5) is 0 Å². The predicted molar refractivity (Wildman–Crippen MR) is 82.8 cm³/mol. The summed E-state index contributed by atoms with van der Waals surface area (Å²) in [7, 11) is 0. The van der Waals surface area contributed by atoms with Crippen molar-refractivity contribution in [2.75, 3.05) is 13.2 Å². The lowest BCUT2D eigenvalue weighted by molar-refractivity contribution is -0.0994. The van der Waals surface area contributed by atoms with Gasteiger partial charge in [0.05, 0.1) is 19.4 Å². The lowest BCUT2D eigenvalue weighted by Crippen LogP contribution is -2.52. The minimum absolute atomic E-state index is 0.424. The molecular weight excluding hydrogens is 284 g/mol. The van der Waals surface area contributed by atoms with Gasteiger partial charge >= 0.3 is 0 Å². The van der Waals surface area contributed by atoms with Gasteiger partial charge in [-0.05, 0) is 44.8 Å². The molecule has 3 aliphatic rings. The van der Waals surface area contributed by atoms with Crippen molar-refractivity contribution in [1.29, 1.82) is 0 Å². The number of hydrogen-bond acceptors (Lipinski definition) is 4. The minimum atomic E-state index is 0.424. The fraction of sp³-hybridized carbons (Fsp3) is 0.867. The molecule has 6 heteroatoms. The van der Waals surface area contributed by atoms with Gasteiger partial charge in [-0.25, -0.2) is 4.68 Å². The molecule has 116 valence electrons. The van der Waals surface area contributed by atoms with Crippen molar-refractivity contribution < 1.29 is 4.74 Å². The fourth-order valence-electron chi connectivity index (χ4n) is 3.90. The Balaban J connectivity index is 1.55. The number of ether oxygens (including phenoxy) is 1. The number of hydrogen-bond donors (Lipinski definition) is 0. The van der Waals surface area contributed by atoms with Gasteiger partial charge in [0.15, 0.2) is 4.77 Å². The van der Waals surface area contributed by atoms with Gasteiger partial charge < -0.3 is 9.30 Å². The van der Waals surface area contributed by atoms with Gasteiger partial charge in [-0.3, -0.25) is 4.90 Å². The Morgan fingerprint density at radius 3 is 2.86 bits per heavy atom. The van der Waals surface area contributed by atoms with E-state index in [0.717, 1.165) is 30.4 Å². The molecule has 0 bridgehead atoms. The second kappa shape index (κ2) is 5.48. The predicted octanol–water partition coefficient (Wildman–Crippen LogP) is 2.66. The number of nitrogens with zero attached hydrogens (tertiary/aromatic N) is 4. The zero-order valence-electron chi connectivity index (χ0n) is 12.7. The summed E-state index contributed by atoms with van der Waals surface area (Å²) in [6.07, 6.45) is 8.02. The third kappa shape index (κ3) is 2.58. The van der Waals surface area contributed by atoms with Crippen LogP contribution < -0.4 is 0 Å². The van der Waals surface area contributed by atoms with E-state index in [-0.39, 0.29) is 0 Å². The molecule has 2 aliphatic carbocycles. The highest BCUT2D eigenvalue weighted by Gasteiger charge is 2.35. The molecule has 3 fully saturated rings. The summed E-state index contributed by atoms with van der Waals surface area (Å²) in [4.78, 5) is 2.53. The first kappa shape index (κ1) is 13.9. The topological polar surface area (TPSA) is 35.2 Å². The highest BCUT2D eigenvalue weighted by molar-refractivity contribution is 7.71. The summed E-state index contributed by atoms with van der Waals surface area (Å²) in [6, 6.07) is 1.17. The molecule has 1 aromatic heterocycles. The summed E-state index contributed by atoms with van der Waals surface area (Å²) < 4.78 is 11.1. The molecule has 2 atom stereocenters. The summed E-state index contributed by atoms with van der Waals surface area (Å²) in [5.74, 6) is 1.07. The molecule has 0 radical (unpaired) electrons. The quantitative estimate of drug-likeness (QED) is 0.804. The van der Waals surface area contributed by atoms with Crippen LogP contribution in [0, 0.1) is 11.7 Å². The standard InChI is InChI=1S/C15H24N4OS/c1-11-16-18(15(21)19(11)12-6-7-12)10-17-8-9-20-14-5-3-2-4-13(14)17/h12-14H,2-10H2,1H3/t13-,14-/m1/s1. The van der Waals surface area contributed by atoms with E-state index in [1.54, 1.807) is 0 Å². The van der Waals surface area contributed by atoms with Gasteiger partial charge in [-0.1, -0.05) is 12.8 Å². The second-order valence-corrected chi connectivity index (χ2v) is 7.01. The average molecular weight is 308 g/mol. The van der Waals surface area contributed by atoms with Crippen LogP contribution >= 0.6 is 12.2 Å². The third-order valence-electron chi connectivity index (χ3n) is 5.12. The minimum Gasteiger partial charge on any atom is -0.375 e. The molecular formula is C15H24N4OS. The summed E-state index contributed by atoms with van der Waals surface area (Å²) in [5.41, 5.74) is 0. The van der Waals surface area contributed by atoms with Gasteiger partial charge in [-0.15, -0.1) is 0 Å². The summed E-state index contributed by atoms with van der Waals surface area (Å²) in [6.45, 7) is 4.74. The molecule has 0 amide bonds. The van der Waals surface area contributed by atoms with Gasteiger partial charge in [-0.2, -0.15) is 5.10 Å². The van der Waals surface area contributed by atoms with Crippen LogP contribution in [0.25, 0.3) is 0 Å². The van der Waals surface area contributed by atoms with Crippen LogP contribution in [0.15, 0.2) is 0 Å². The Bertz CT molecular complexity index is 575. The van der Waals surface area contributed by atoms with E-state index < -0.39 is 0 Å². The number of fused-ring (bicyclic) bond motifs is 1. The van der Waals surface area contributed by atoms with Crippen LogP contribution in [0.1, 0.15) is 50.4 Å². The number of morpholine rings is 1. The maximum Gasteiger partial charge on any atom is 0.199 e. The van der Waals surface area contributed by atoms with Crippen molar-refractivity contribution in [2.24, 2.45) is 0 Å². The van der Waals surface area contributed by atoms with E-state index >= 15 is 0 Å². The molecule has 4 rings (SSSR count). The van der Waals surface area contributed by atoms with E-state index in [9.17, 15) is 0 Å². The van der Waals surface area contributed by atoms with Crippen molar-refractivity contribution in [1.82, 2.24) is 19.2 Å². The van der Waals surface area contributed by atoms with Crippen molar-refractivity contribution in [3.05, 3.63) is 10.6 Å². The van der Waals surface area contributed by atoms with Crippen LogP contribution in [0.3, 0.4) is 0 Å². The Morgan fingerprint density at radius 2 is 2.05 bits per heavy atom. The van der Waals surface area contributed by atoms with E-state index in [0.29, 0.717) is 18.2 Å². The zero-order chi connectivity index (χ0) is 14.4. The lowest BCUT2D eigenvalue weighted by atomic mass is 9.90. The number of aromatic nitrogens is 3. The molecule has 2 saturated carbocycles. The molecule has 1 saturated heterocycles. The number of rotatable bonds is 3. The maximum absolute atomic E-state index is 5.95. The normalized spacial score (nSPS) is 30.3. The van der Waals surface area contributed by atoms with E-state index in [2.05, 4.69) is 16.4 Å². The van der Waals surface area contributed by atoms with Crippen molar-refractivity contribution in [3.8, 4) is 0 Å². The SMILES string of the molecule is Cc1nn(CN2CCO[C@@H]3CCCC[C@H]32)c(=S)n1C1CC1. The van der Waals surface area contributed by atoms with Crippen molar-refractivity contribution in [2.45, 2.75) is 70.3 Å². The van der Waals surface area contributed by atoms with Crippen LogP contribution in [-0.2, 0) is 11.4 Å². The molecule has 0 spiro atoms. The molecule has 1 aliphatic heterocycles. The molecule has 1 aromatic rings. The Hall–Kier alpha value is -0.720. The monoisotopic (exact) mass is 308 g/mol. The first-order valence-corrected chi connectivity index (χ1v) is 8.66. The smallest absolute Gasteiger partial charge is 0.199 e. The van der Waals surface area contributed by atoms with Gasteiger partial charge in [0.2, 0.25) is 0 Å². The first-order valence-electron chi connectivity index (χ1n) is 8.25. The molecule has 0 unspecified atom stereocenters. The van der Waals surface area contributed by atoms with Crippen LogP contribution in [-0.4, -0.2) is 44.5 Å². The molecule has 21 heavy (non-hydrogen) atoms. The van der Waals surface area contributed by atoms with Crippen molar-refractivity contribution in [3.63, 3.8) is 0 Å². The lowest BCUT2D eigenvalue weighted by Gasteiger charge is -2.43. The summed E-state index contributed by atoms with van der Waals surface area (Å²) >= 11 is 5.65. The van der Waals surface area contributed by atoms with Crippen LogP contribution in [0.2, 0.25) is 0 Å². The Kier molecular flexibility index (Phi) is 3.63. The highest BCUT2D eigenvalue weighted by atomic mass is 32.1. The maximum atomic E-state index is 5.95. The zero-order valence-corrected chi connectivity index (χ0v) is 13.5. The Morgan fingerprint density at radius 1 is 1.24 bits per heavy atom. The fourth-order valence-corrected chi connectivity index (χ4v) is 4.28. The van der Waals surface area contributed by atoms with E-state index in [1.165, 1.54) is 38.5 Å². The van der Waals surface area contributed by atoms with Gasteiger partial charge in [0.1, 0.15) is 5.82 Å². The largest absolute Gasteiger partial charge is 0.375 e. The highest BCUT2D eigenvalue weighted by Crippen LogP contribution is 2.36. The average Bonchev–Trinajstić information content (AvgIpc) is 3.27. The number of aryl methyl sites for hydroxylation is 1.